The van der Waals surface area contributed by atoms with Crippen molar-refractivity contribution in [3.05, 3.63) is 28.3 Å². The van der Waals surface area contributed by atoms with E-state index in [2.05, 4.69) is 0 Å². The molecule has 9 heteroatoms. The van der Waals surface area contributed by atoms with Crippen molar-refractivity contribution in [1.82, 2.24) is 4.31 Å². The van der Waals surface area contributed by atoms with Gasteiger partial charge >= 0.3 is 0 Å². The number of aliphatic hydroxyl groups excluding tert-OH is 1. The molecule has 0 amide bonds. The summed E-state index contributed by atoms with van der Waals surface area (Å²) in [6, 6.07) is 4.31. The van der Waals surface area contributed by atoms with Crippen LogP contribution in [0.4, 0.5) is 11.4 Å². The summed E-state index contributed by atoms with van der Waals surface area (Å²) >= 11 is 0. The maximum Gasteiger partial charge on any atom is 0.293 e. The zero-order valence-electron chi connectivity index (χ0n) is 15.0. The molecule has 2 bridgehead atoms. The maximum absolute atomic E-state index is 12.7. The van der Waals surface area contributed by atoms with Crippen LogP contribution in [0, 0.1) is 10.1 Å². The van der Waals surface area contributed by atoms with Crippen LogP contribution in [0.15, 0.2) is 23.1 Å². The van der Waals surface area contributed by atoms with Gasteiger partial charge < -0.3 is 10.0 Å². The van der Waals surface area contributed by atoms with Crippen LogP contribution in [-0.4, -0.2) is 54.0 Å². The third-order valence-electron chi connectivity index (χ3n) is 5.47. The number of hydrogen-bond acceptors (Lipinski definition) is 6. The second kappa shape index (κ2) is 7.13. The fourth-order valence-corrected chi connectivity index (χ4v) is 5.76. The Morgan fingerprint density at radius 1 is 1.23 bits per heavy atom. The van der Waals surface area contributed by atoms with Crippen LogP contribution in [0.3, 0.4) is 0 Å². The average molecular weight is 383 g/mol. The lowest BCUT2D eigenvalue weighted by molar-refractivity contribution is -0.384. The van der Waals surface area contributed by atoms with Crippen LogP contribution < -0.4 is 4.90 Å². The molecule has 2 atom stereocenters. The molecule has 2 aliphatic heterocycles. The van der Waals surface area contributed by atoms with E-state index in [1.54, 1.807) is 19.9 Å². The number of rotatable bonds is 6. The quantitative estimate of drug-likeness (QED) is 0.596. The molecule has 0 spiro atoms. The molecule has 2 unspecified atom stereocenters. The molecule has 3 rings (SSSR count). The fraction of sp³-hybridized carbons (Fsp3) is 0.647. The van der Waals surface area contributed by atoms with E-state index in [1.807, 2.05) is 4.90 Å². The molecule has 0 aliphatic carbocycles. The number of aliphatic hydroxyl groups is 1. The summed E-state index contributed by atoms with van der Waals surface area (Å²) in [6.45, 7) is 4.09. The van der Waals surface area contributed by atoms with Crippen molar-refractivity contribution < 1.29 is 18.4 Å². The summed E-state index contributed by atoms with van der Waals surface area (Å²) < 4.78 is 26.7. The lowest BCUT2D eigenvalue weighted by Crippen LogP contribution is -2.45. The van der Waals surface area contributed by atoms with E-state index in [0.29, 0.717) is 31.6 Å². The third kappa shape index (κ3) is 3.19. The largest absolute Gasteiger partial charge is 0.393 e. The number of sulfonamides is 1. The predicted octanol–water partition coefficient (Wildman–Crippen LogP) is 2.12. The molecule has 1 aromatic rings. The van der Waals surface area contributed by atoms with Crippen LogP contribution in [-0.2, 0) is 10.0 Å². The zero-order chi connectivity index (χ0) is 19.1. The van der Waals surface area contributed by atoms with Gasteiger partial charge in [0.25, 0.3) is 5.69 Å². The van der Waals surface area contributed by atoms with E-state index in [0.717, 1.165) is 12.8 Å². The standard InChI is InChI=1S/C17H25N3O5S/c1-3-18(4-2)26(24,25)15-7-8-16(17(11-15)20(22)23)19-12-5-6-13(19)10-14(21)9-12/h7-8,11-14,21H,3-6,9-10H2,1-2H3. The number of nitro benzene ring substituents is 1. The lowest BCUT2D eigenvalue weighted by atomic mass is 9.98. The first-order chi connectivity index (χ1) is 12.3. The Morgan fingerprint density at radius 3 is 2.31 bits per heavy atom. The summed E-state index contributed by atoms with van der Waals surface area (Å²) in [6.07, 6.45) is 2.59. The number of hydrogen-bond donors (Lipinski definition) is 1. The second-order valence-corrected chi connectivity index (χ2v) is 8.85. The molecule has 0 aromatic heterocycles. The first-order valence-electron chi connectivity index (χ1n) is 9.04. The van der Waals surface area contributed by atoms with Gasteiger partial charge in [-0.15, -0.1) is 0 Å². The highest BCUT2D eigenvalue weighted by molar-refractivity contribution is 7.89. The summed E-state index contributed by atoms with van der Waals surface area (Å²) in [5.41, 5.74) is 0.263. The van der Waals surface area contributed by atoms with Crippen LogP contribution in [0.1, 0.15) is 39.5 Å². The van der Waals surface area contributed by atoms with Gasteiger partial charge in [0.05, 0.1) is 15.9 Å². The number of nitrogens with zero attached hydrogens (tertiary/aromatic N) is 3. The highest BCUT2D eigenvalue weighted by atomic mass is 32.2. The van der Waals surface area contributed by atoms with Gasteiger partial charge in [-0.05, 0) is 37.8 Å². The van der Waals surface area contributed by atoms with Crippen molar-refractivity contribution in [3.63, 3.8) is 0 Å². The van der Waals surface area contributed by atoms with Gasteiger partial charge in [0.15, 0.2) is 0 Å². The van der Waals surface area contributed by atoms with Gasteiger partial charge in [-0.25, -0.2) is 8.42 Å². The molecule has 1 N–H and O–H groups in total. The van der Waals surface area contributed by atoms with Gasteiger partial charge in [-0.1, -0.05) is 13.8 Å². The summed E-state index contributed by atoms with van der Waals surface area (Å²) in [5, 5.41) is 21.6. The number of benzene rings is 1. The molecule has 8 nitrogen and oxygen atoms in total. The molecule has 1 aromatic carbocycles. The Labute approximate surface area is 153 Å². The van der Waals surface area contributed by atoms with E-state index >= 15 is 0 Å². The number of nitro groups is 1. The van der Waals surface area contributed by atoms with E-state index in [1.165, 1.54) is 16.4 Å². The molecule has 144 valence electrons. The van der Waals surface area contributed by atoms with Gasteiger partial charge in [0.2, 0.25) is 10.0 Å². The molecule has 2 heterocycles. The highest BCUT2D eigenvalue weighted by Crippen LogP contribution is 2.43. The lowest BCUT2D eigenvalue weighted by Gasteiger charge is -2.38. The van der Waals surface area contributed by atoms with Crippen molar-refractivity contribution in [2.24, 2.45) is 0 Å². The van der Waals surface area contributed by atoms with Gasteiger partial charge in [0.1, 0.15) is 5.69 Å². The molecule has 26 heavy (non-hydrogen) atoms. The smallest absolute Gasteiger partial charge is 0.293 e. The van der Waals surface area contributed by atoms with E-state index in [-0.39, 0.29) is 28.8 Å². The molecule has 2 fully saturated rings. The van der Waals surface area contributed by atoms with Crippen LogP contribution in [0.5, 0.6) is 0 Å². The van der Waals surface area contributed by atoms with E-state index < -0.39 is 14.9 Å². The molecular formula is C17H25N3O5S. The first kappa shape index (κ1) is 19.1. The maximum atomic E-state index is 12.7. The molecule has 0 radical (unpaired) electrons. The van der Waals surface area contributed by atoms with Gasteiger partial charge in [-0.3, -0.25) is 10.1 Å². The van der Waals surface area contributed by atoms with Crippen LogP contribution in [0.2, 0.25) is 0 Å². The number of piperidine rings is 1. The van der Waals surface area contributed by atoms with Crippen molar-refractivity contribution in [2.45, 2.75) is 62.6 Å². The first-order valence-corrected chi connectivity index (χ1v) is 10.5. The monoisotopic (exact) mass is 383 g/mol. The number of fused-ring (bicyclic) bond motifs is 2. The summed E-state index contributed by atoms with van der Waals surface area (Å²) in [5.74, 6) is 0. The Morgan fingerprint density at radius 2 is 1.81 bits per heavy atom. The van der Waals surface area contributed by atoms with Gasteiger partial charge in [-0.2, -0.15) is 4.31 Å². The Balaban J connectivity index is 2.03. The summed E-state index contributed by atoms with van der Waals surface area (Å²) in [4.78, 5) is 13.1. The topological polar surface area (TPSA) is 104 Å². The molecule has 2 saturated heterocycles. The van der Waals surface area contributed by atoms with Crippen LogP contribution in [0.25, 0.3) is 0 Å². The highest BCUT2D eigenvalue weighted by Gasteiger charge is 2.42. The third-order valence-corrected chi connectivity index (χ3v) is 7.52. The molecular weight excluding hydrogens is 358 g/mol. The minimum Gasteiger partial charge on any atom is -0.393 e. The minimum absolute atomic E-state index is 0.0546. The normalized spacial score (nSPS) is 25.7. The Kier molecular flexibility index (Phi) is 5.23. The van der Waals surface area contributed by atoms with E-state index in [9.17, 15) is 23.6 Å². The SMILES string of the molecule is CCN(CC)S(=O)(=O)c1ccc(N2C3CCC2CC(O)C3)c([N+](=O)[O-])c1. The Bertz CT molecular complexity index is 780. The van der Waals surface area contributed by atoms with Crippen molar-refractivity contribution in [3.8, 4) is 0 Å². The average Bonchev–Trinajstić information content (AvgIpc) is 2.86. The fourth-order valence-electron chi connectivity index (χ4n) is 4.28. The van der Waals surface area contributed by atoms with Crippen LogP contribution >= 0.6 is 0 Å². The Hall–Kier alpha value is -1.71. The van der Waals surface area contributed by atoms with Crippen molar-refractivity contribution >= 4 is 21.4 Å². The van der Waals surface area contributed by atoms with E-state index in [4.69, 9.17) is 0 Å². The minimum atomic E-state index is -3.75. The zero-order valence-corrected chi connectivity index (χ0v) is 15.9. The number of anilines is 1. The molecule has 0 saturated carbocycles. The second-order valence-electron chi connectivity index (χ2n) is 6.91. The predicted molar refractivity (Wildman–Crippen MR) is 97.7 cm³/mol. The van der Waals surface area contributed by atoms with Crippen molar-refractivity contribution in [2.75, 3.05) is 18.0 Å². The van der Waals surface area contributed by atoms with Gasteiger partial charge in [0, 0.05) is 31.2 Å². The summed E-state index contributed by atoms with van der Waals surface area (Å²) in [7, 11) is -3.75. The van der Waals surface area contributed by atoms with Crippen molar-refractivity contribution in [1.29, 1.82) is 0 Å². The molecule has 2 aliphatic rings.